The van der Waals surface area contributed by atoms with E-state index in [1.807, 2.05) is 25.1 Å². The monoisotopic (exact) mass is 281 g/mol. The molecule has 2 aliphatic heterocycles. The van der Waals surface area contributed by atoms with Crippen LogP contribution in [0.1, 0.15) is 17.5 Å². The largest absolute Gasteiger partial charge is 0.480 e. The van der Waals surface area contributed by atoms with Crippen molar-refractivity contribution in [3.63, 3.8) is 0 Å². The molecule has 5 nitrogen and oxygen atoms in total. The number of sulfonamides is 1. The number of nitrogens with zero attached hydrogens (tertiary/aromatic N) is 1. The van der Waals surface area contributed by atoms with E-state index in [9.17, 15) is 13.2 Å². The van der Waals surface area contributed by atoms with Crippen LogP contribution >= 0.6 is 0 Å². The van der Waals surface area contributed by atoms with Crippen LogP contribution in [-0.4, -0.2) is 37.0 Å². The Morgan fingerprint density at radius 2 is 2.21 bits per heavy atom. The zero-order chi connectivity index (χ0) is 13.6. The summed E-state index contributed by atoms with van der Waals surface area (Å²) in [6.07, 6.45) is 0.253. The Morgan fingerprint density at radius 1 is 1.42 bits per heavy atom. The van der Waals surface area contributed by atoms with Crippen molar-refractivity contribution in [2.45, 2.75) is 25.9 Å². The Kier molecular flexibility index (Phi) is 2.78. The zero-order valence-electron chi connectivity index (χ0n) is 10.6. The number of amides is 1. The first kappa shape index (κ1) is 12.5. The summed E-state index contributed by atoms with van der Waals surface area (Å²) in [6.45, 7) is 2.23. The molecule has 1 aromatic carbocycles. The van der Waals surface area contributed by atoms with E-state index >= 15 is 0 Å². The van der Waals surface area contributed by atoms with Crippen molar-refractivity contribution in [1.29, 1.82) is 0 Å². The van der Waals surface area contributed by atoms with Gasteiger partial charge in [0.1, 0.15) is 5.75 Å². The number of aryl methyl sites for hydroxylation is 1. The van der Waals surface area contributed by atoms with E-state index in [1.165, 1.54) is 0 Å². The van der Waals surface area contributed by atoms with Crippen molar-refractivity contribution >= 4 is 15.9 Å². The number of ether oxygens (including phenoxy) is 1. The molecule has 0 aliphatic carbocycles. The van der Waals surface area contributed by atoms with Crippen LogP contribution < -0.4 is 4.74 Å². The Hall–Kier alpha value is -1.56. The van der Waals surface area contributed by atoms with Gasteiger partial charge in [0.15, 0.2) is 6.10 Å². The van der Waals surface area contributed by atoms with Crippen molar-refractivity contribution in [1.82, 2.24) is 4.31 Å². The molecule has 1 saturated heterocycles. The van der Waals surface area contributed by atoms with Gasteiger partial charge in [-0.05, 0) is 25.0 Å². The van der Waals surface area contributed by atoms with Crippen LogP contribution in [-0.2, 0) is 21.2 Å². The number of benzene rings is 1. The fourth-order valence-corrected chi connectivity index (χ4v) is 4.13. The highest BCUT2D eigenvalue weighted by molar-refractivity contribution is 7.89. The molecule has 1 atom stereocenters. The van der Waals surface area contributed by atoms with E-state index in [0.29, 0.717) is 18.6 Å². The molecule has 0 radical (unpaired) electrons. The molecule has 1 aromatic rings. The molecule has 19 heavy (non-hydrogen) atoms. The summed E-state index contributed by atoms with van der Waals surface area (Å²) in [7, 11) is -3.42. The van der Waals surface area contributed by atoms with Gasteiger partial charge in [0.25, 0.3) is 5.91 Å². The van der Waals surface area contributed by atoms with Crippen molar-refractivity contribution in [3.05, 3.63) is 29.3 Å². The normalized spacial score (nSPS) is 24.1. The lowest BCUT2D eigenvalue weighted by Gasteiger charge is -2.18. The highest BCUT2D eigenvalue weighted by Crippen LogP contribution is 2.32. The summed E-state index contributed by atoms with van der Waals surface area (Å²) in [4.78, 5) is 12.3. The summed E-state index contributed by atoms with van der Waals surface area (Å²) < 4.78 is 30.1. The molecule has 2 aliphatic rings. The van der Waals surface area contributed by atoms with Gasteiger partial charge in [-0.1, -0.05) is 12.1 Å². The second kappa shape index (κ2) is 4.23. The van der Waals surface area contributed by atoms with Gasteiger partial charge in [0.2, 0.25) is 10.0 Å². The van der Waals surface area contributed by atoms with E-state index in [2.05, 4.69) is 0 Å². The summed E-state index contributed by atoms with van der Waals surface area (Å²) >= 11 is 0. The number of carbonyl (C=O) groups is 1. The SMILES string of the molecule is Cc1cccc2c1CC(C(=O)N1CCCS1(=O)=O)O2. The zero-order valence-corrected chi connectivity index (χ0v) is 11.4. The number of hydrogen-bond donors (Lipinski definition) is 0. The van der Waals surface area contributed by atoms with E-state index in [0.717, 1.165) is 15.4 Å². The van der Waals surface area contributed by atoms with Gasteiger partial charge in [0.05, 0.1) is 5.75 Å². The van der Waals surface area contributed by atoms with Crippen molar-refractivity contribution < 1.29 is 17.9 Å². The van der Waals surface area contributed by atoms with Gasteiger partial charge < -0.3 is 4.74 Å². The minimum atomic E-state index is -3.42. The smallest absolute Gasteiger partial charge is 0.277 e. The molecule has 0 bridgehead atoms. The van der Waals surface area contributed by atoms with Crippen LogP contribution in [0, 0.1) is 6.92 Å². The van der Waals surface area contributed by atoms with Crippen LogP contribution in [0.4, 0.5) is 0 Å². The number of rotatable bonds is 1. The van der Waals surface area contributed by atoms with Crippen molar-refractivity contribution in [2.75, 3.05) is 12.3 Å². The quantitative estimate of drug-likeness (QED) is 0.766. The van der Waals surface area contributed by atoms with Crippen LogP contribution in [0.15, 0.2) is 18.2 Å². The fourth-order valence-electron chi connectivity index (χ4n) is 2.61. The van der Waals surface area contributed by atoms with Crippen LogP contribution in [0.25, 0.3) is 0 Å². The van der Waals surface area contributed by atoms with Crippen LogP contribution in [0.3, 0.4) is 0 Å². The molecular weight excluding hydrogens is 266 g/mol. The maximum Gasteiger partial charge on any atom is 0.277 e. The fraction of sp³-hybridized carbons (Fsp3) is 0.462. The molecule has 1 amide bonds. The first-order valence-electron chi connectivity index (χ1n) is 6.28. The Bertz CT molecular complexity index is 638. The third-order valence-electron chi connectivity index (χ3n) is 3.65. The van der Waals surface area contributed by atoms with Gasteiger partial charge in [-0.2, -0.15) is 0 Å². The third kappa shape index (κ3) is 2.00. The molecule has 1 fully saturated rings. The Morgan fingerprint density at radius 3 is 2.84 bits per heavy atom. The van der Waals surface area contributed by atoms with E-state index in [1.54, 1.807) is 0 Å². The maximum atomic E-state index is 12.3. The first-order chi connectivity index (χ1) is 8.99. The van der Waals surface area contributed by atoms with Crippen molar-refractivity contribution in [3.8, 4) is 5.75 Å². The average Bonchev–Trinajstić information content (AvgIpc) is 2.92. The number of fused-ring (bicyclic) bond motifs is 1. The van der Waals surface area contributed by atoms with Gasteiger partial charge in [-0.15, -0.1) is 0 Å². The van der Waals surface area contributed by atoms with Crippen LogP contribution in [0.5, 0.6) is 5.75 Å². The average molecular weight is 281 g/mol. The molecular formula is C13H15NO4S. The Balaban J connectivity index is 1.84. The van der Waals surface area contributed by atoms with Crippen LogP contribution in [0.2, 0.25) is 0 Å². The van der Waals surface area contributed by atoms with Gasteiger partial charge >= 0.3 is 0 Å². The van der Waals surface area contributed by atoms with Crippen molar-refractivity contribution in [2.24, 2.45) is 0 Å². The predicted molar refractivity (Wildman–Crippen MR) is 69.4 cm³/mol. The molecule has 0 spiro atoms. The van der Waals surface area contributed by atoms with E-state index in [-0.39, 0.29) is 12.3 Å². The second-order valence-corrected chi connectivity index (χ2v) is 6.96. The minimum Gasteiger partial charge on any atom is -0.480 e. The highest BCUT2D eigenvalue weighted by atomic mass is 32.2. The second-order valence-electron chi connectivity index (χ2n) is 4.94. The summed E-state index contributed by atoms with van der Waals surface area (Å²) in [5.74, 6) is 0.306. The molecule has 1 unspecified atom stereocenters. The van der Waals surface area contributed by atoms with E-state index < -0.39 is 22.0 Å². The molecule has 0 saturated carbocycles. The topological polar surface area (TPSA) is 63.7 Å². The van der Waals surface area contributed by atoms with E-state index in [4.69, 9.17) is 4.74 Å². The minimum absolute atomic E-state index is 0.0530. The van der Waals surface area contributed by atoms with Gasteiger partial charge in [-0.3, -0.25) is 4.79 Å². The maximum absolute atomic E-state index is 12.3. The molecule has 0 N–H and O–H groups in total. The number of carbonyl (C=O) groups excluding carboxylic acids is 1. The predicted octanol–water partition coefficient (Wildman–Crippen LogP) is 0.861. The highest BCUT2D eigenvalue weighted by Gasteiger charge is 2.40. The van der Waals surface area contributed by atoms with Gasteiger partial charge in [0, 0.05) is 18.5 Å². The summed E-state index contributed by atoms with van der Waals surface area (Å²) in [5, 5.41) is 0. The first-order valence-corrected chi connectivity index (χ1v) is 7.89. The summed E-state index contributed by atoms with van der Waals surface area (Å²) in [5.41, 5.74) is 2.06. The summed E-state index contributed by atoms with van der Waals surface area (Å²) in [6, 6.07) is 5.64. The molecule has 3 rings (SSSR count). The number of hydrogen-bond acceptors (Lipinski definition) is 4. The Labute approximate surface area is 112 Å². The molecule has 2 heterocycles. The lowest BCUT2D eigenvalue weighted by atomic mass is 10.0. The lowest BCUT2D eigenvalue weighted by Crippen LogP contribution is -2.42. The molecule has 6 heteroatoms. The van der Waals surface area contributed by atoms with Gasteiger partial charge in [-0.25, -0.2) is 12.7 Å². The standard InChI is InChI=1S/C13H15NO4S/c1-9-4-2-5-11-10(9)8-12(18-11)13(15)14-6-3-7-19(14,16)17/h2,4-5,12H,3,6-8H2,1H3. The lowest BCUT2D eigenvalue weighted by molar-refractivity contribution is -0.132. The third-order valence-corrected chi connectivity index (χ3v) is 5.49. The molecule has 0 aromatic heterocycles. The molecule has 102 valence electrons.